The van der Waals surface area contributed by atoms with E-state index in [0.29, 0.717) is 17.0 Å². The van der Waals surface area contributed by atoms with Crippen molar-refractivity contribution in [1.29, 1.82) is 0 Å². The standard InChI is InChI=1S/C17H16ClF3N2O2S2/c1-4-10-8(2)27-14(13(10)15(24)25-3)23-16(26)22-9-5-6-12(18)11(7-9)17(19,20)21/h5-7H,4H2,1-3H3,(H2,22,23,26). The lowest BCUT2D eigenvalue weighted by atomic mass is 10.1. The van der Waals surface area contributed by atoms with Gasteiger partial charge in [-0.25, -0.2) is 4.79 Å². The molecule has 1 aromatic carbocycles. The zero-order chi connectivity index (χ0) is 20.4. The van der Waals surface area contributed by atoms with Gasteiger partial charge in [-0.1, -0.05) is 18.5 Å². The van der Waals surface area contributed by atoms with E-state index in [1.165, 1.54) is 24.5 Å². The van der Waals surface area contributed by atoms with Crippen molar-refractivity contribution >= 4 is 56.9 Å². The minimum absolute atomic E-state index is 0.0412. The van der Waals surface area contributed by atoms with Crippen LogP contribution in [0.4, 0.5) is 23.9 Å². The largest absolute Gasteiger partial charge is 0.465 e. The van der Waals surface area contributed by atoms with Gasteiger partial charge in [0.15, 0.2) is 5.11 Å². The quantitative estimate of drug-likeness (QED) is 0.462. The van der Waals surface area contributed by atoms with Crippen LogP contribution in [0.3, 0.4) is 0 Å². The van der Waals surface area contributed by atoms with Crippen molar-refractivity contribution < 1.29 is 22.7 Å². The summed E-state index contributed by atoms with van der Waals surface area (Å²) in [6.07, 6.45) is -3.95. The molecule has 1 heterocycles. The molecule has 0 spiro atoms. The van der Waals surface area contributed by atoms with Crippen LogP contribution >= 0.6 is 35.2 Å². The van der Waals surface area contributed by atoms with E-state index in [2.05, 4.69) is 10.6 Å². The number of rotatable bonds is 4. The van der Waals surface area contributed by atoms with Gasteiger partial charge in [-0.05, 0) is 49.3 Å². The monoisotopic (exact) mass is 436 g/mol. The second kappa shape index (κ2) is 8.45. The zero-order valence-electron chi connectivity index (χ0n) is 14.6. The van der Waals surface area contributed by atoms with Crippen LogP contribution in [0.2, 0.25) is 5.02 Å². The first kappa shape index (κ1) is 21.5. The fourth-order valence-corrected chi connectivity index (χ4v) is 4.14. The molecule has 0 bridgehead atoms. The zero-order valence-corrected chi connectivity index (χ0v) is 17.0. The predicted molar refractivity (Wildman–Crippen MR) is 106 cm³/mol. The SMILES string of the molecule is CCc1c(C)sc(NC(=S)Nc2ccc(Cl)c(C(F)(F)F)c2)c1C(=O)OC. The average Bonchev–Trinajstić information content (AvgIpc) is 2.89. The maximum atomic E-state index is 13.0. The molecule has 0 atom stereocenters. The second-order valence-corrected chi connectivity index (χ2v) is 7.50. The number of aryl methyl sites for hydroxylation is 1. The molecule has 1 aromatic heterocycles. The highest BCUT2D eigenvalue weighted by Crippen LogP contribution is 2.37. The number of methoxy groups -OCH3 is 1. The summed E-state index contributed by atoms with van der Waals surface area (Å²) in [5, 5.41) is 5.65. The van der Waals surface area contributed by atoms with Gasteiger partial charge in [0.05, 0.1) is 23.3 Å². The van der Waals surface area contributed by atoms with Crippen molar-refractivity contribution in [2.45, 2.75) is 26.4 Å². The van der Waals surface area contributed by atoms with Crippen molar-refractivity contribution in [3.8, 4) is 0 Å². The second-order valence-electron chi connectivity index (χ2n) is 5.46. The van der Waals surface area contributed by atoms with Gasteiger partial charge >= 0.3 is 12.1 Å². The summed E-state index contributed by atoms with van der Waals surface area (Å²) in [4.78, 5) is 13.0. The lowest BCUT2D eigenvalue weighted by Crippen LogP contribution is -2.20. The van der Waals surface area contributed by atoms with Crippen LogP contribution in [0.1, 0.15) is 33.3 Å². The minimum atomic E-state index is -4.58. The molecule has 0 aliphatic carbocycles. The topological polar surface area (TPSA) is 50.4 Å². The van der Waals surface area contributed by atoms with Crippen LogP contribution < -0.4 is 10.6 Å². The number of carbonyl (C=O) groups excluding carboxylic acids is 1. The lowest BCUT2D eigenvalue weighted by Gasteiger charge is -2.14. The van der Waals surface area contributed by atoms with Crippen molar-refractivity contribution in [3.05, 3.63) is 44.8 Å². The molecule has 4 nitrogen and oxygen atoms in total. The molecule has 0 saturated carbocycles. The van der Waals surface area contributed by atoms with Crippen LogP contribution in [-0.4, -0.2) is 18.2 Å². The minimum Gasteiger partial charge on any atom is -0.465 e. The molecule has 0 saturated heterocycles. The van der Waals surface area contributed by atoms with Crippen molar-refractivity contribution in [2.24, 2.45) is 0 Å². The van der Waals surface area contributed by atoms with E-state index in [0.717, 1.165) is 22.6 Å². The normalized spacial score (nSPS) is 11.2. The van der Waals surface area contributed by atoms with E-state index in [1.54, 1.807) is 0 Å². The Labute approximate surface area is 168 Å². The van der Waals surface area contributed by atoms with Gasteiger partial charge < -0.3 is 15.4 Å². The van der Waals surface area contributed by atoms with Gasteiger partial charge in [0.25, 0.3) is 0 Å². The molecule has 0 aliphatic heterocycles. The van der Waals surface area contributed by atoms with Crippen LogP contribution in [0.25, 0.3) is 0 Å². The molecule has 27 heavy (non-hydrogen) atoms. The van der Waals surface area contributed by atoms with E-state index >= 15 is 0 Å². The Bertz CT molecular complexity index is 882. The number of esters is 1. The highest BCUT2D eigenvalue weighted by molar-refractivity contribution is 7.80. The first-order valence-electron chi connectivity index (χ1n) is 7.73. The fraction of sp³-hybridized carbons (Fsp3) is 0.294. The molecule has 0 fully saturated rings. The van der Waals surface area contributed by atoms with Crippen LogP contribution in [-0.2, 0) is 17.3 Å². The summed E-state index contributed by atoms with van der Waals surface area (Å²) >= 11 is 12.1. The van der Waals surface area contributed by atoms with Crippen LogP contribution in [0, 0.1) is 6.92 Å². The van der Waals surface area contributed by atoms with Gasteiger partial charge in [0.2, 0.25) is 0 Å². The summed E-state index contributed by atoms with van der Waals surface area (Å²) in [5.41, 5.74) is 0.363. The molecule has 2 N–H and O–H groups in total. The van der Waals surface area contributed by atoms with Gasteiger partial charge in [0, 0.05) is 10.6 Å². The van der Waals surface area contributed by atoms with Crippen molar-refractivity contribution in [3.63, 3.8) is 0 Å². The van der Waals surface area contributed by atoms with Gasteiger partial charge in [0.1, 0.15) is 5.00 Å². The predicted octanol–water partition coefficient (Wildman–Crippen LogP) is 5.89. The molecule has 0 unspecified atom stereocenters. The van der Waals surface area contributed by atoms with E-state index in [-0.39, 0.29) is 10.8 Å². The van der Waals surface area contributed by atoms with Crippen molar-refractivity contribution in [1.82, 2.24) is 0 Å². The number of hydrogen-bond acceptors (Lipinski definition) is 4. The number of hydrogen-bond donors (Lipinski definition) is 2. The number of nitrogens with one attached hydrogen (secondary N) is 2. The Morgan fingerprint density at radius 1 is 1.33 bits per heavy atom. The summed E-state index contributed by atoms with van der Waals surface area (Å²) in [6, 6.07) is 3.39. The Hall–Kier alpha value is -1.84. The number of alkyl halides is 3. The van der Waals surface area contributed by atoms with Crippen molar-refractivity contribution in [2.75, 3.05) is 17.7 Å². The Morgan fingerprint density at radius 2 is 2.00 bits per heavy atom. The number of ether oxygens (including phenoxy) is 1. The molecular weight excluding hydrogens is 421 g/mol. The number of thiocarbonyl (C=S) groups is 1. The van der Waals surface area contributed by atoms with Crippen LogP contribution in [0.15, 0.2) is 18.2 Å². The average molecular weight is 437 g/mol. The summed E-state index contributed by atoms with van der Waals surface area (Å²) < 4.78 is 43.7. The molecule has 0 aliphatic rings. The van der Waals surface area contributed by atoms with Gasteiger partial charge in [-0.2, -0.15) is 13.2 Å². The molecule has 10 heteroatoms. The molecule has 0 radical (unpaired) electrons. The molecule has 2 aromatic rings. The lowest BCUT2D eigenvalue weighted by molar-refractivity contribution is -0.137. The number of halogens is 4. The number of thiophene rings is 1. The maximum absolute atomic E-state index is 13.0. The van der Waals surface area contributed by atoms with E-state index in [1.807, 2.05) is 13.8 Å². The van der Waals surface area contributed by atoms with E-state index in [9.17, 15) is 18.0 Å². The third kappa shape index (κ3) is 4.91. The van der Waals surface area contributed by atoms with Gasteiger partial charge in [-0.3, -0.25) is 0 Å². The summed E-state index contributed by atoms with van der Waals surface area (Å²) in [5.74, 6) is -0.507. The van der Waals surface area contributed by atoms with E-state index < -0.39 is 22.7 Å². The molecule has 146 valence electrons. The smallest absolute Gasteiger partial charge is 0.417 e. The first-order valence-corrected chi connectivity index (χ1v) is 9.34. The Kier molecular flexibility index (Phi) is 6.72. The van der Waals surface area contributed by atoms with Gasteiger partial charge in [-0.15, -0.1) is 11.3 Å². The summed E-state index contributed by atoms with van der Waals surface area (Å²) in [7, 11) is 1.28. The third-order valence-corrected chi connectivity index (χ3v) is 5.31. The third-order valence-electron chi connectivity index (χ3n) is 3.71. The number of carbonyl (C=O) groups is 1. The Morgan fingerprint density at radius 3 is 2.56 bits per heavy atom. The summed E-state index contributed by atoms with van der Waals surface area (Å²) in [6.45, 7) is 3.78. The molecule has 2 rings (SSSR count). The fourth-order valence-electron chi connectivity index (χ4n) is 2.50. The number of anilines is 2. The highest BCUT2D eigenvalue weighted by Gasteiger charge is 2.33. The first-order chi connectivity index (χ1) is 12.6. The maximum Gasteiger partial charge on any atom is 0.417 e. The van der Waals surface area contributed by atoms with Crippen LogP contribution in [0.5, 0.6) is 0 Å². The van der Waals surface area contributed by atoms with E-state index in [4.69, 9.17) is 28.6 Å². The highest BCUT2D eigenvalue weighted by atomic mass is 35.5. The Balaban J connectivity index is 2.26. The molecule has 0 amide bonds. The molecular formula is C17H16ClF3N2O2S2. The number of benzene rings is 1.